The molecule has 0 bridgehead atoms. The van der Waals surface area contributed by atoms with Crippen LogP contribution in [0.4, 0.5) is 0 Å². The molecule has 1 aliphatic carbocycles. The molecule has 2 heterocycles. The smallest absolute Gasteiger partial charge is 0.293 e. The van der Waals surface area contributed by atoms with Crippen LogP contribution in [0.5, 0.6) is 0 Å². The van der Waals surface area contributed by atoms with Gasteiger partial charge in [0.05, 0.1) is 5.54 Å². The van der Waals surface area contributed by atoms with Gasteiger partial charge < -0.3 is 14.7 Å². The number of furan rings is 1. The lowest BCUT2D eigenvalue weighted by Crippen LogP contribution is -2.34. The van der Waals surface area contributed by atoms with Gasteiger partial charge in [0.25, 0.3) is 5.89 Å². The minimum Gasteiger partial charge on any atom is -0.456 e. The maximum atomic E-state index is 6.26. The number of hydrogen-bond acceptors (Lipinski definition) is 5. The summed E-state index contributed by atoms with van der Waals surface area (Å²) in [5.74, 6) is 2.43. The molecular weight excluding hydrogens is 218 g/mol. The van der Waals surface area contributed by atoms with Crippen LogP contribution in [-0.4, -0.2) is 10.1 Å². The Morgan fingerprint density at radius 1 is 1.29 bits per heavy atom. The fourth-order valence-electron chi connectivity index (χ4n) is 2.30. The molecule has 0 aliphatic heterocycles. The Morgan fingerprint density at radius 3 is 2.71 bits per heavy atom. The predicted molar refractivity (Wildman–Crippen MR) is 61.1 cm³/mol. The molecule has 0 aromatic carbocycles. The Morgan fingerprint density at radius 2 is 2.06 bits per heavy atom. The first kappa shape index (κ1) is 10.5. The molecule has 3 rings (SSSR count). The Labute approximate surface area is 99.0 Å². The molecular formula is C12H15N3O2. The summed E-state index contributed by atoms with van der Waals surface area (Å²) >= 11 is 0. The molecule has 0 atom stereocenters. The van der Waals surface area contributed by atoms with Gasteiger partial charge in [0.15, 0.2) is 11.6 Å². The number of aromatic nitrogens is 2. The highest BCUT2D eigenvalue weighted by molar-refractivity contribution is 5.44. The van der Waals surface area contributed by atoms with Crippen LogP contribution in [0.2, 0.25) is 0 Å². The third kappa shape index (κ3) is 1.76. The summed E-state index contributed by atoms with van der Waals surface area (Å²) in [6, 6.07) is 3.69. The third-order valence-corrected chi connectivity index (χ3v) is 3.32. The molecule has 1 saturated carbocycles. The average molecular weight is 233 g/mol. The Balaban J connectivity index is 1.92. The molecule has 0 radical (unpaired) electrons. The maximum absolute atomic E-state index is 6.26. The van der Waals surface area contributed by atoms with Gasteiger partial charge in [-0.1, -0.05) is 18.0 Å². The summed E-state index contributed by atoms with van der Waals surface area (Å²) in [6.07, 6.45) is 4.09. The summed E-state index contributed by atoms with van der Waals surface area (Å²) in [4.78, 5) is 4.35. The first-order chi connectivity index (χ1) is 8.17. The van der Waals surface area contributed by atoms with Gasteiger partial charge in [-0.05, 0) is 31.9 Å². The quantitative estimate of drug-likeness (QED) is 0.861. The second-order valence-corrected chi connectivity index (χ2v) is 4.70. The molecule has 0 amide bonds. The van der Waals surface area contributed by atoms with E-state index in [2.05, 4.69) is 10.1 Å². The van der Waals surface area contributed by atoms with E-state index < -0.39 is 5.54 Å². The zero-order valence-corrected chi connectivity index (χ0v) is 9.77. The lowest BCUT2D eigenvalue weighted by atomic mass is 9.99. The second kappa shape index (κ2) is 3.70. The molecule has 2 N–H and O–H groups in total. The number of hydrogen-bond donors (Lipinski definition) is 1. The van der Waals surface area contributed by atoms with Crippen molar-refractivity contribution in [2.45, 2.75) is 38.1 Å². The summed E-state index contributed by atoms with van der Waals surface area (Å²) in [7, 11) is 0. The molecule has 90 valence electrons. The minimum atomic E-state index is -0.413. The van der Waals surface area contributed by atoms with Crippen LogP contribution in [0, 0.1) is 6.92 Å². The molecule has 0 unspecified atom stereocenters. The predicted octanol–water partition coefficient (Wildman–Crippen LogP) is 2.37. The molecule has 17 heavy (non-hydrogen) atoms. The van der Waals surface area contributed by atoms with E-state index in [-0.39, 0.29) is 0 Å². The number of nitrogens with zero attached hydrogens (tertiary/aromatic N) is 2. The lowest BCUT2D eigenvalue weighted by Gasteiger charge is -2.17. The van der Waals surface area contributed by atoms with Gasteiger partial charge >= 0.3 is 0 Å². The van der Waals surface area contributed by atoms with E-state index in [9.17, 15) is 0 Å². The highest BCUT2D eigenvalue weighted by Crippen LogP contribution is 2.35. The van der Waals surface area contributed by atoms with Crippen LogP contribution in [-0.2, 0) is 5.54 Å². The number of aryl methyl sites for hydroxylation is 1. The fourth-order valence-corrected chi connectivity index (χ4v) is 2.30. The monoisotopic (exact) mass is 233 g/mol. The Kier molecular flexibility index (Phi) is 2.29. The summed E-state index contributed by atoms with van der Waals surface area (Å²) in [6.45, 7) is 1.88. The van der Waals surface area contributed by atoms with E-state index in [0.29, 0.717) is 17.5 Å². The van der Waals surface area contributed by atoms with Gasteiger partial charge in [-0.25, -0.2) is 0 Å². The third-order valence-electron chi connectivity index (χ3n) is 3.32. The number of rotatable bonds is 2. The van der Waals surface area contributed by atoms with Crippen molar-refractivity contribution < 1.29 is 8.94 Å². The van der Waals surface area contributed by atoms with Crippen molar-refractivity contribution in [2.24, 2.45) is 5.73 Å². The lowest BCUT2D eigenvalue weighted by molar-refractivity contribution is 0.367. The Hall–Kier alpha value is -1.62. The van der Waals surface area contributed by atoms with Crippen molar-refractivity contribution >= 4 is 0 Å². The minimum absolute atomic E-state index is 0.407. The van der Waals surface area contributed by atoms with Crippen LogP contribution >= 0.6 is 0 Å². The van der Waals surface area contributed by atoms with Crippen LogP contribution < -0.4 is 5.73 Å². The van der Waals surface area contributed by atoms with Gasteiger partial charge in [0, 0.05) is 0 Å². The van der Waals surface area contributed by atoms with E-state index in [4.69, 9.17) is 14.7 Å². The average Bonchev–Trinajstić information content (AvgIpc) is 2.96. The molecule has 5 nitrogen and oxygen atoms in total. The van der Waals surface area contributed by atoms with Gasteiger partial charge in [-0.2, -0.15) is 4.98 Å². The van der Waals surface area contributed by atoms with Crippen LogP contribution in [0.1, 0.15) is 37.3 Å². The highest BCUT2D eigenvalue weighted by atomic mass is 16.5. The second-order valence-electron chi connectivity index (χ2n) is 4.70. The van der Waals surface area contributed by atoms with Crippen molar-refractivity contribution in [1.29, 1.82) is 0 Å². The van der Waals surface area contributed by atoms with Crippen LogP contribution in [0.25, 0.3) is 11.7 Å². The maximum Gasteiger partial charge on any atom is 0.293 e. The molecule has 2 aromatic heterocycles. The summed E-state index contributed by atoms with van der Waals surface area (Å²) in [5, 5.41) is 3.98. The Bertz CT molecular complexity index is 523. The van der Waals surface area contributed by atoms with Crippen molar-refractivity contribution in [3.05, 3.63) is 23.7 Å². The van der Waals surface area contributed by atoms with Crippen molar-refractivity contribution in [1.82, 2.24) is 10.1 Å². The van der Waals surface area contributed by atoms with E-state index in [1.165, 1.54) is 0 Å². The van der Waals surface area contributed by atoms with Crippen LogP contribution in [0.3, 0.4) is 0 Å². The van der Waals surface area contributed by atoms with E-state index in [1.54, 1.807) is 0 Å². The van der Waals surface area contributed by atoms with Gasteiger partial charge in [-0.15, -0.1) is 0 Å². The van der Waals surface area contributed by atoms with E-state index in [1.807, 2.05) is 19.1 Å². The zero-order valence-electron chi connectivity index (χ0n) is 9.77. The van der Waals surface area contributed by atoms with E-state index in [0.717, 1.165) is 31.4 Å². The van der Waals surface area contributed by atoms with E-state index >= 15 is 0 Å². The van der Waals surface area contributed by atoms with Gasteiger partial charge in [0.2, 0.25) is 0 Å². The largest absolute Gasteiger partial charge is 0.456 e. The van der Waals surface area contributed by atoms with Crippen LogP contribution in [0.15, 0.2) is 21.1 Å². The molecule has 1 aliphatic rings. The number of nitrogens with two attached hydrogens (primary N) is 1. The normalized spacial score (nSPS) is 18.7. The topological polar surface area (TPSA) is 78.1 Å². The zero-order chi connectivity index (χ0) is 11.9. The molecule has 5 heteroatoms. The van der Waals surface area contributed by atoms with Crippen molar-refractivity contribution in [3.8, 4) is 11.7 Å². The van der Waals surface area contributed by atoms with Gasteiger partial charge in [0.1, 0.15) is 5.76 Å². The molecule has 1 fully saturated rings. The molecule has 0 saturated heterocycles. The fraction of sp³-hybridized carbons (Fsp3) is 0.500. The van der Waals surface area contributed by atoms with Crippen molar-refractivity contribution in [3.63, 3.8) is 0 Å². The first-order valence-electron chi connectivity index (χ1n) is 5.87. The SMILES string of the molecule is Cc1ccc(-c2nc(C3(N)CCCC3)no2)o1. The molecule has 0 spiro atoms. The molecule has 2 aromatic rings. The summed E-state index contributed by atoms with van der Waals surface area (Å²) < 4.78 is 10.6. The highest BCUT2D eigenvalue weighted by Gasteiger charge is 2.36. The van der Waals surface area contributed by atoms with Crippen molar-refractivity contribution in [2.75, 3.05) is 0 Å². The standard InChI is InChI=1S/C12H15N3O2/c1-8-4-5-9(16-8)10-14-11(15-17-10)12(13)6-2-3-7-12/h4-5H,2-3,6-7,13H2,1H3. The first-order valence-corrected chi connectivity index (χ1v) is 5.87. The van der Waals surface area contributed by atoms with Gasteiger partial charge in [-0.3, -0.25) is 0 Å². The summed E-state index contributed by atoms with van der Waals surface area (Å²) in [5.41, 5.74) is 5.85.